The van der Waals surface area contributed by atoms with Gasteiger partial charge in [-0.15, -0.1) is 0 Å². The van der Waals surface area contributed by atoms with Crippen LogP contribution in [-0.2, 0) is 17.6 Å². The number of carbonyl (C=O) groups is 2. The van der Waals surface area contributed by atoms with Crippen molar-refractivity contribution in [1.82, 2.24) is 10.4 Å². The van der Waals surface area contributed by atoms with E-state index in [1.165, 1.54) is 4.90 Å². The molecule has 25 heavy (non-hydrogen) atoms. The average Bonchev–Trinajstić information content (AvgIpc) is 2.62. The van der Waals surface area contributed by atoms with E-state index in [0.717, 1.165) is 23.1 Å². The van der Waals surface area contributed by atoms with E-state index in [0.29, 0.717) is 12.0 Å². The third-order valence-electron chi connectivity index (χ3n) is 3.96. The third-order valence-corrected chi connectivity index (χ3v) is 3.96. The second-order valence-electron chi connectivity index (χ2n) is 6.17. The Morgan fingerprint density at radius 1 is 1.00 bits per heavy atom. The SMILES string of the molecule is CN(C)C(=O)C(N)Cc1ccc(Cc2ccc(C(=O)NO)cc2)cc1. The molecule has 2 amide bonds. The zero-order valence-electron chi connectivity index (χ0n) is 14.4. The van der Waals surface area contributed by atoms with Crippen molar-refractivity contribution in [3.8, 4) is 0 Å². The molecule has 2 aromatic carbocycles. The molecule has 2 rings (SSSR count). The molecule has 1 atom stereocenters. The molecule has 4 N–H and O–H groups in total. The molecule has 0 radical (unpaired) electrons. The van der Waals surface area contributed by atoms with Crippen LogP contribution in [0.3, 0.4) is 0 Å². The number of hydrogen-bond acceptors (Lipinski definition) is 4. The predicted molar refractivity (Wildman–Crippen MR) is 95.3 cm³/mol. The number of nitrogens with one attached hydrogen (secondary N) is 1. The van der Waals surface area contributed by atoms with Crippen LogP contribution in [0.5, 0.6) is 0 Å². The fraction of sp³-hybridized carbons (Fsp3) is 0.263. The van der Waals surface area contributed by atoms with Gasteiger partial charge in [-0.05, 0) is 41.7 Å². The van der Waals surface area contributed by atoms with Crippen molar-refractivity contribution in [3.05, 3.63) is 70.8 Å². The molecule has 0 aliphatic heterocycles. The Morgan fingerprint density at radius 3 is 1.96 bits per heavy atom. The number of likely N-dealkylation sites (N-methyl/N-ethyl adjacent to an activating group) is 1. The Morgan fingerprint density at radius 2 is 1.48 bits per heavy atom. The van der Waals surface area contributed by atoms with Crippen molar-refractivity contribution >= 4 is 11.8 Å². The molecule has 0 aliphatic rings. The van der Waals surface area contributed by atoms with E-state index in [1.54, 1.807) is 31.7 Å². The molecule has 6 nitrogen and oxygen atoms in total. The van der Waals surface area contributed by atoms with Gasteiger partial charge < -0.3 is 10.6 Å². The number of carbonyl (C=O) groups excluding carboxylic acids is 2. The summed E-state index contributed by atoms with van der Waals surface area (Å²) in [5, 5.41) is 8.61. The second-order valence-corrected chi connectivity index (χ2v) is 6.17. The van der Waals surface area contributed by atoms with Crippen molar-refractivity contribution < 1.29 is 14.8 Å². The lowest BCUT2D eigenvalue weighted by Gasteiger charge is -2.16. The Balaban J connectivity index is 1.98. The predicted octanol–water partition coefficient (Wildman–Crippen LogP) is 1.35. The van der Waals surface area contributed by atoms with Crippen molar-refractivity contribution in [2.24, 2.45) is 5.73 Å². The van der Waals surface area contributed by atoms with Crippen molar-refractivity contribution in [1.29, 1.82) is 0 Å². The van der Waals surface area contributed by atoms with Gasteiger partial charge in [-0.25, -0.2) is 5.48 Å². The minimum Gasteiger partial charge on any atom is -0.347 e. The Kier molecular flexibility index (Phi) is 6.27. The molecule has 0 bridgehead atoms. The van der Waals surface area contributed by atoms with E-state index in [-0.39, 0.29) is 5.91 Å². The summed E-state index contributed by atoms with van der Waals surface area (Å²) < 4.78 is 0. The van der Waals surface area contributed by atoms with Gasteiger partial charge in [-0.3, -0.25) is 14.8 Å². The first-order valence-corrected chi connectivity index (χ1v) is 7.98. The van der Waals surface area contributed by atoms with Gasteiger partial charge in [0.1, 0.15) is 0 Å². The maximum absolute atomic E-state index is 11.8. The number of hydrogen-bond donors (Lipinski definition) is 3. The lowest BCUT2D eigenvalue weighted by Crippen LogP contribution is -2.41. The standard InChI is InChI=1S/C19H23N3O3/c1-22(2)19(24)17(20)12-15-5-3-13(4-6-15)11-14-7-9-16(10-8-14)18(23)21-25/h3-10,17,25H,11-12,20H2,1-2H3,(H,21,23). The van der Waals surface area contributed by atoms with E-state index >= 15 is 0 Å². The molecule has 0 aliphatic carbocycles. The first-order valence-electron chi connectivity index (χ1n) is 7.98. The Bertz CT molecular complexity index is 725. The summed E-state index contributed by atoms with van der Waals surface area (Å²) in [6.45, 7) is 0. The van der Waals surface area contributed by atoms with Crippen LogP contribution in [0.2, 0.25) is 0 Å². The highest BCUT2D eigenvalue weighted by Gasteiger charge is 2.15. The first-order chi connectivity index (χ1) is 11.9. The fourth-order valence-corrected chi connectivity index (χ4v) is 2.54. The van der Waals surface area contributed by atoms with Crippen LogP contribution in [0.4, 0.5) is 0 Å². The van der Waals surface area contributed by atoms with E-state index in [9.17, 15) is 9.59 Å². The van der Waals surface area contributed by atoms with Gasteiger partial charge in [0.2, 0.25) is 5.91 Å². The monoisotopic (exact) mass is 341 g/mol. The minimum absolute atomic E-state index is 0.0870. The van der Waals surface area contributed by atoms with E-state index in [1.807, 2.05) is 36.4 Å². The largest absolute Gasteiger partial charge is 0.347 e. The topological polar surface area (TPSA) is 95.7 Å². The Hall–Kier alpha value is -2.70. The maximum atomic E-state index is 11.8. The van der Waals surface area contributed by atoms with Crippen LogP contribution in [0.1, 0.15) is 27.0 Å². The van der Waals surface area contributed by atoms with Crippen LogP contribution >= 0.6 is 0 Å². The quantitative estimate of drug-likeness (QED) is 0.546. The summed E-state index contributed by atoms with van der Waals surface area (Å²) in [7, 11) is 3.39. The van der Waals surface area contributed by atoms with Gasteiger partial charge in [0.15, 0.2) is 0 Å². The molecule has 0 spiro atoms. The molecule has 0 aromatic heterocycles. The average molecular weight is 341 g/mol. The van der Waals surface area contributed by atoms with E-state index in [2.05, 4.69) is 0 Å². The second kappa shape index (κ2) is 8.41. The number of benzene rings is 2. The molecule has 6 heteroatoms. The van der Waals surface area contributed by atoms with Crippen LogP contribution in [0, 0.1) is 0 Å². The molecule has 1 unspecified atom stereocenters. The molecule has 0 saturated carbocycles. The summed E-state index contributed by atoms with van der Waals surface area (Å²) in [6.07, 6.45) is 1.23. The molecule has 2 aromatic rings. The first kappa shape index (κ1) is 18.6. The summed E-state index contributed by atoms with van der Waals surface area (Å²) in [5.74, 6) is -0.615. The molecular formula is C19H23N3O3. The maximum Gasteiger partial charge on any atom is 0.274 e. The van der Waals surface area contributed by atoms with Crippen molar-refractivity contribution in [2.45, 2.75) is 18.9 Å². The number of amides is 2. The highest BCUT2D eigenvalue weighted by molar-refractivity contribution is 5.93. The van der Waals surface area contributed by atoms with Gasteiger partial charge in [0.25, 0.3) is 5.91 Å². The summed E-state index contributed by atoms with van der Waals surface area (Å²) in [6, 6.07) is 14.5. The normalized spacial score (nSPS) is 11.7. The smallest absolute Gasteiger partial charge is 0.274 e. The molecule has 132 valence electrons. The minimum atomic E-state index is -0.536. The van der Waals surface area contributed by atoms with Gasteiger partial charge in [0, 0.05) is 19.7 Å². The van der Waals surface area contributed by atoms with Gasteiger partial charge >= 0.3 is 0 Å². The van der Waals surface area contributed by atoms with E-state index < -0.39 is 11.9 Å². The highest BCUT2D eigenvalue weighted by atomic mass is 16.5. The number of nitrogens with zero attached hydrogens (tertiary/aromatic N) is 1. The van der Waals surface area contributed by atoms with Crippen LogP contribution in [0.25, 0.3) is 0 Å². The van der Waals surface area contributed by atoms with E-state index in [4.69, 9.17) is 10.9 Å². The van der Waals surface area contributed by atoms with Crippen LogP contribution in [-0.4, -0.2) is 42.1 Å². The fourth-order valence-electron chi connectivity index (χ4n) is 2.54. The molecule has 0 fully saturated rings. The zero-order chi connectivity index (χ0) is 18.4. The molecule has 0 saturated heterocycles. The lowest BCUT2D eigenvalue weighted by atomic mass is 10.00. The van der Waals surface area contributed by atoms with Gasteiger partial charge in [-0.2, -0.15) is 0 Å². The number of nitrogens with two attached hydrogens (primary N) is 1. The zero-order valence-corrected chi connectivity index (χ0v) is 14.4. The van der Waals surface area contributed by atoms with Gasteiger partial charge in [-0.1, -0.05) is 36.4 Å². The molecular weight excluding hydrogens is 318 g/mol. The summed E-state index contributed by atoms with van der Waals surface area (Å²) in [4.78, 5) is 24.6. The van der Waals surface area contributed by atoms with Crippen molar-refractivity contribution in [3.63, 3.8) is 0 Å². The lowest BCUT2D eigenvalue weighted by molar-refractivity contribution is -0.130. The number of rotatable bonds is 6. The highest BCUT2D eigenvalue weighted by Crippen LogP contribution is 2.13. The summed E-state index contributed by atoms with van der Waals surface area (Å²) >= 11 is 0. The Labute approximate surface area is 147 Å². The number of hydroxylamine groups is 1. The molecule has 0 heterocycles. The van der Waals surface area contributed by atoms with Crippen LogP contribution in [0.15, 0.2) is 48.5 Å². The summed E-state index contributed by atoms with van der Waals surface area (Å²) in [5.41, 5.74) is 11.1. The third kappa shape index (κ3) is 5.14. The van der Waals surface area contributed by atoms with Crippen LogP contribution < -0.4 is 11.2 Å². The van der Waals surface area contributed by atoms with Crippen molar-refractivity contribution in [2.75, 3.05) is 14.1 Å². The van der Waals surface area contributed by atoms with Gasteiger partial charge in [0.05, 0.1) is 6.04 Å².